The lowest BCUT2D eigenvalue weighted by Crippen LogP contribution is -2.34. The van der Waals surface area contributed by atoms with E-state index < -0.39 is 0 Å². The molecule has 1 saturated carbocycles. The number of nitrogens with zero attached hydrogens (tertiary/aromatic N) is 1. The van der Waals surface area contributed by atoms with Gasteiger partial charge in [0.2, 0.25) is 12.8 Å². The smallest absolute Gasteiger partial charge is 0.370 e. The number of aromatic nitrogens is 1. The van der Waals surface area contributed by atoms with Crippen LogP contribution in [0.4, 0.5) is 16.1 Å². The number of anilines is 2. The zero-order valence-electron chi connectivity index (χ0n) is 21.4. The summed E-state index contributed by atoms with van der Waals surface area (Å²) >= 11 is 2.30. The lowest BCUT2D eigenvalue weighted by molar-refractivity contribution is -0.685. The Labute approximate surface area is 231 Å². The number of imide groups is 1. The molecule has 9 heteroatoms. The highest BCUT2D eigenvalue weighted by Crippen LogP contribution is 2.27. The van der Waals surface area contributed by atoms with Gasteiger partial charge in [0.25, 0.3) is 0 Å². The Balaban J connectivity index is 0.000000656. The summed E-state index contributed by atoms with van der Waals surface area (Å²) in [6, 6.07) is 18.5. The first kappa shape index (κ1) is 32.0. The van der Waals surface area contributed by atoms with Crippen LogP contribution in [0.1, 0.15) is 48.6 Å². The van der Waals surface area contributed by atoms with Crippen molar-refractivity contribution in [1.82, 2.24) is 5.32 Å². The van der Waals surface area contributed by atoms with Crippen LogP contribution in [0.15, 0.2) is 54.6 Å². The van der Waals surface area contributed by atoms with Crippen molar-refractivity contribution in [2.24, 2.45) is 7.05 Å². The van der Waals surface area contributed by atoms with E-state index in [1.807, 2.05) is 42.8 Å². The van der Waals surface area contributed by atoms with Gasteiger partial charge in [-0.3, -0.25) is 14.3 Å². The highest BCUT2D eigenvalue weighted by molar-refractivity contribution is 14.1. The molecule has 200 valence electrons. The Morgan fingerprint density at radius 3 is 2.16 bits per heavy atom. The zero-order chi connectivity index (χ0) is 26.5. The molecule has 1 aromatic heterocycles. The van der Waals surface area contributed by atoms with Crippen LogP contribution in [-0.4, -0.2) is 29.1 Å². The summed E-state index contributed by atoms with van der Waals surface area (Å²) in [4.78, 5) is 18.1. The molecule has 2 amide bonds. The number of pyridine rings is 1. The quantitative estimate of drug-likeness (QED) is 0.167. The van der Waals surface area contributed by atoms with E-state index in [0.717, 1.165) is 34.6 Å². The molecule has 0 saturated heterocycles. The van der Waals surface area contributed by atoms with Crippen LogP contribution in [0.25, 0.3) is 0 Å². The number of halogens is 2. The molecule has 1 fully saturated rings. The molecular weight excluding hydrogens is 588 g/mol. The topological polar surface area (TPSA) is 103 Å². The molecule has 1 aliphatic carbocycles. The molecule has 1 aliphatic rings. The molecule has 4 rings (SSSR count). The van der Waals surface area contributed by atoms with Crippen molar-refractivity contribution >= 4 is 46.8 Å². The van der Waals surface area contributed by atoms with Crippen LogP contribution in [0.5, 0.6) is 5.88 Å². The van der Waals surface area contributed by atoms with Gasteiger partial charge in [0.05, 0.1) is 23.8 Å². The van der Waals surface area contributed by atoms with Gasteiger partial charge >= 0.3 is 5.88 Å². The minimum absolute atomic E-state index is 0. The molecule has 1 heterocycles. The Kier molecular flexibility index (Phi) is 14.4. The van der Waals surface area contributed by atoms with E-state index in [-0.39, 0.29) is 16.7 Å². The van der Waals surface area contributed by atoms with Crippen molar-refractivity contribution < 1.29 is 29.1 Å². The highest BCUT2D eigenvalue weighted by Gasteiger charge is 2.20. The van der Waals surface area contributed by atoms with Gasteiger partial charge in [-0.1, -0.05) is 43.5 Å². The van der Waals surface area contributed by atoms with Gasteiger partial charge < -0.3 is 20.8 Å². The molecule has 7 nitrogen and oxygen atoms in total. The van der Waals surface area contributed by atoms with E-state index >= 15 is 0 Å². The summed E-state index contributed by atoms with van der Waals surface area (Å²) in [6.07, 6.45) is 6.09. The molecule has 0 aliphatic heterocycles. The number of hydrogen-bond acceptors (Lipinski definition) is 5. The van der Waals surface area contributed by atoms with Crippen molar-refractivity contribution in [2.45, 2.75) is 52.1 Å². The van der Waals surface area contributed by atoms with Crippen LogP contribution in [0.3, 0.4) is 0 Å². The third-order valence-electron chi connectivity index (χ3n) is 5.32. The number of nitrogens with one attached hydrogen (secondary N) is 2. The van der Waals surface area contributed by atoms with Gasteiger partial charge in [0.15, 0.2) is 5.69 Å². The van der Waals surface area contributed by atoms with Gasteiger partial charge in [-0.05, 0) is 78.3 Å². The third kappa shape index (κ3) is 11.7. The minimum Gasteiger partial charge on any atom is -0.460 e. The lowest BCUT2D eigenvalue weighted by Gasteiger charge is -2.13. The first-order chi connectivity index (χ1) is 17.2. The van der Waals surface area contributed by atoms with Gasteiger partial charge in [-0.2, -0.15) is 4.57 Å². The van der Waals surface area contributed by atoms with Gasteiger partial charge in [0.1, 0.15) is 7.05 Å². The first-order valence-electron chi connectivity index (χ1n) is 11.9. The zero-order valence-corrected chi connectivity index (χ0v) is 23.6. The number of rotatable bonds is 8. The van der Waals surface area contributed by atoms with Crippen molar-refractivity contribution in [3.8, 4) is 5.88 Å². The van der Waals surface area contributed by atoms with Crippen molar-refractivity contribution in [3.05, 3.63) is 80.6 Å². The molecule has 1 atom stereocenters. The predicted octanol–water partition coefficient (Wildman–Crippen LogP) is 4.60. The van der Waals surface area contributed by atoms with Gasteiger partial charge in [-0.25, -0.2) is 0 Å². The van der Waals surface area contributed by atoms with Crippen LogP contribution in [0, 0.1) is 10.5 Å². The molecule has 3 aromatic rings. The van der Waals surface area contributed by atoms with E-state index in [1.54, 1.807) is 12.2 Å². The average molecular weight is 625 g/mol. The fourth-order valence-electron chi connectivity index (χ4n) is 3.29. The second-order valence-electron chi connectivity index (χ2n) is 8.70. The monoisotopic (exact) mass is 624 g/mol. The summed E-state index contributed by atoms with van der Waals surface area (Å²) in [5.74, 6) is 0.255. The maximum absolute atomic E-state index is 10.6. The molecule has 0 spiro atoms. The maximum Gasteiger partial charge on any atom is 0.370 e. The Hall–Kier alpha value is -3.05. The number of amides is 2. The molecule has 1 unspecified atom stereocenters. The van der Waals surface area contributed by atoms with E-state index in [2.05, 4.69) is 58.2 Å². The standard InChI is InChI=1S/C23H25IN2O2.C3H6.C2H3NO2.FH/c1-15(27)11-18-5-4-6-20(12-18)25-22-14-21(26(3)23(28)16(22)2)13-17-7-9-19(24)10-8-17;1-2-3-1;4-1-3-2-5;/h4-10,12,14-15,27H,11,13H2,1-3H3,(H,25,28);1-3H2;1-2H,(H,3,4,5);1H/p+1. The first-order valence-corrected chi connectivity index (χ1v) is 13.0. The largest absolute Gasteiger partial charge is 0.460 e. The molecule has 0 radical (unpaired) electrons. The summed E-state index contributed by atoms with van der Waals surface area (Å²) in [5.41, 5.74) is 5.91. The van der Waals surface area contributed by atoms with E-state index in [0.29, 0.717) is 19.2 Å². The lowest BCUT2D eigenvalue weighted by atomic mass is 10.1. The van der Waals surface area contributed by atoms with Gasteiger partial charge in [0, 0.05) is 15.3 Å². The van der Waals surface area contributed by atoms with Gasteiger partial charge in [-0.15, -0.1) is 0 Å². The fourth-order valence-corrected chi connectivity index (χ4v) is 3.65. The molecular formula is C28H36FIN3O4+. The molecule has 4 N–H and O–H groups in total. The maximum atomic E-state index is 10.6. The number of carbonyl (C=O) groups is 2. The number of aromatic hydroxyl groups is 1. The number of aliphatic hydroxyl groups is 1. The van der Waals surface area contributed by atoms with E-state index in [4.69, 9.17) is 9.59 Å². The number of benzene rings is 2. The van der Waals surface area contributed by atoms with Crippen molar-refractivity contribution in [1.29, 1.82) is 0 Å². The Morgan fingerprint density at radius 1 is 1.03 bits per heavy atom. The second-order valence-corrected chi connectivity index (χ2v) is 9.95. The van der Waals surface area contributed by atoms with Crippen LogP contribution >= 0.6 is 22.6 Å². The van der Waals surface area contributed by atoms with Crippen LogP contribution in [-0.2, 0) is 29.5 Å². The van der Waals surface area contributed by atoms with Crippen LogP contribution < -0.4 is 15.2 Å². The normalized spacial score (nSPS) is 11.8. The number of carbonyl (C=O) groups excluding carboxylic acids is 2. The number of hydrogen-bond donors (Lipinski definition) is 4. The SMILES string of the molecule is C1CC1.Cc1c(Nc2cccc(CC(C)O)c2)cc(Cc2ccc(I)cc2)[n+](C)c1O.F.O=CNC=O. The van der Waals surface area contributed by atoms with Crippen molar-refractivity contribution in [2.75, 3.05) is 5.32 Å². The molecule has 37 heavy (non-hydrogen) atoms. The fraction of sp³-hybridized carbons (Fsp3) is 0.321. The minimum atomic E-state index is -0.377. The molecule has 2 aromatic carbocycles. The van der Waals surface area contributed by atoms with E-state index in [1.165, 1.54) is 28.4 Å². The summed E-state index contributed by atoms with van der Waals surface area (Å²) in [6.45, 7) is 3.70. The summed E-state index contributed by atoms with van der Waals surface area (Å²) in [5, 5.41) is 25.4. The average Bonchev–Trinajstić information content (AvgIpc) is 3.73. The number of aliphatic hydroxyl groups excluding tert-OH is 1. The molecule has 0 bridgehead atoms. The highest BCUT2D eigenvalue weighted by atomic mass is 127. The third-order valence-corrected chi connectivity index (χ3v) is 6.04. The second kappa shape index (κ2) is 16.6. The van der Waals surface area contributed by atoms with Crippen LogP contribution in [0.2, 0.25) is 0 Å². The predicted molar refractivity (Wildman–Crippen MR) is 153 cm³/mol. The Morgan fingerprint density at radius 2 is 1.65 bits per heavy atom. The van der Waals surface area contributed by atoms with Crippen molar-refractivity contribution in [3.63, 3.8) is 0 Å². The summed E-state index contributed by atoms with van der Waals surface area (Å²) < 4.78 is 3.04. The summed E-state index contributed by atoms with van der Waals surface area (Å²) in [7, 11) is 1.89. The Bertz CT molecular complexity index is 1130. The van der Waals surface area contributed by atoms with E-state index in [9.17, 15) is 10.2 Å².